The van der Waals surface area contributed by atoms with Crippen LogP contribution in [0.15, 0.2) is 0 Å². The Morgan fingerprint density at radius 1 is 1.24 bits per heavy atom. The Balaban J connectivity index is 1.83. The van der Waals surface area contributed by atoms with Crippen LogP contribution in [-0.4, -0.2) is 23.9 Å². The molecule has 3 atom stereocenters. The van der Waals surface area contributed by atoms with E-state index in [2.05, 4.69) is 24.5 Å². The summed E-state index contributed by atoms with van der Waals surface area (Å²) in [5.74, 6) is 1.36. The lowest BCUT2D eigenvalue weighted by Crippen LogP contribution is -2.47. The summed E-state index contributed by atoms with van der Waals surface area (Å²) < 4.78 is 0. The van der Waals surface area contributed by atoms with Crippen LogP contribution >= 0.6 is 0 Å². The topological polar surface area (TPSA) is 58.2 Å². The third kappa shape index (κ3) is 3.20. The number of hydrogen-bond acceptors (Lipinski definition) is 2. The van der Waals surface area contributed by atoms with Crippen molar-refractivity contribution >= 4 is 11.8 Å². The summed E-state index contributed by atoms with van der Waals surface area (Å²) in [7, 11) is 0. The molecule has 96 valence electrons. The molecule has 1 aliphatic heterocycles. The van der Waals surface area contributed by atoms with E-state index in [-0.39, 0.29) is 17.9 Å². The molecule has 0 bridgehead atoms. The third-order valence-corrected chi connectivity index (χ3v) is 3.84. The monoisotopic (exact) mass is 238 g/mol. The fourth-order valence-electron chi connectivity index (χ4n) is 3.18. The van der Waals surface area contributed by atoms with E-state index >= 15 is 0 Å². The summed E-state index contributed by atoms with van der Waals surface area (Å²) >= 11 is 0. The van der Waals surface area contributed by atoms with Gasteiger partial charge < -0.3 is 10.6 Å². The van der Waals surface area contributed by atoms with Crippen molar-refractivity contribution in [3.63, 3.8) is 0 Å². The highest BCUT2D eigenvalue weighted by Gasteiger charge is 2.30. The number of nitrogens with one attached hydrogen (secondary N) is 2. The van der Waals surface area contributed by atoms with Crippen LogP contribution in [0.4, 0.5) is 0 Å². The minimum atomic E-state index is -0.296. The molecule has 1 heterocycles. The zero-order valence-corrected chi connectivity index (χ0v) is 10.7. The molecule has 2 N–H and O–H groups in total. The molecule has 2 unspecified atom stereocenters. The maximum atomic E-state index is 11.9. The van der Waals surface area contributed by atoms with Gasteiger partial charge in [0.05, 0.1) is 0 Å². The van der Waals surface area contributed by atoms with E-state index in [9.17, 15) is 9.59 Å². The van der Waals surface area contributed by atoms with Gasteiger partial charge in [-0.3, -0.25) is 9.59 Å². The quantitative estimate of drug-likeness (QED) is 0.759. The lowest BCUT2D eigenvalue weighted by atomic mass is 9.80. The maximum Gasteiger partial charge on any atom is 0.242 e. The van der Waals surface area contributed by atoms with Crippen molar-refractivity contribution in [1.82, 2.24) is 10.6 Å². The molecular weight excluding hydrogens is 216 g/mol. The van der Waals surface area contributed by atoms with Gasteiger partial charge in [0, 0.05) is 12.5 Å². The molecule has 1 saturated carbocycles. The number of rotatable bonds is 2. The average Bonchev–Trinajstić information content (AvgIpc) is 2.63. The number of carbonyl (C=O) groups is 2. The molecular formula is C13H22N2O2. The van der Waals surface area contributed by atoms with Crippen LogP contribution in [0.1, 0.15) is 46.0 Å². The normalized spacial score (nSPS) is 37.6. The van der Waals surface area contributed by atoms with Gasteiger partial charge in [-0.2, -0.15) is 0 Å². The van der Waals surface area contributed by atoms with Crippen molar-refractivity contribution in [3.05, 3.63) is 0 Å². The van der Waals surface area contributed by atoms with Gasteiger partial charge in [0.15, 0.2) is 0 Å². The molecule has 2 aliphatic rings. The molecule has 17 heavy (non-hydrogen) atoms. The molecule has 2 fully saturated rings. The molecule has 2 rings (SSSR count). The number of hydrogen-bond donors (Lipinski definition) is 2. The first-order valence-corrected chi connectivity index (χ1v) is 6.64. The lowest BCUT2D eigenvalue weighted by Gasteiger charge is -2.32. The number of carbonyl (C=O) groups excluding carboxylic acids is 2. The summed E-state index contributed by atoms with van der Waals surface area (Å²) in [4.78, 5) is 23.0. The zero-order chi connectivity index (χ0) is 12.4. The van der Waals surface area contributed by atoms with E-state index < -0.39 is 0 Å². The fourth-order valence-corrected chi connectivity index (χ4v) is 3.18. The van der Waals surface area contributed by atoms with Gasteiger partial charge in [-0.05, 0) is 37.5 Å². The molecule has 0 aromatic carbocycles. The van der Waals surface area contributed by atoms with E-state index in [0.29, 0.717) is 30.7 Å². The first kappa shape index (κ1) is 12.4. The second-order valence-corrected chi connectivity index (χ2v) is 5.78. The predicted molar refractivity (Wildman–Crippen MR) is 65.3 cm³/mol. The molecule has 4 heteroatoms. The van der Waals surface area contributed by atoms with Crippen molar-refractivity contribution < 1.29 is 9.59 Å². The van der Waals surface area contributed by atoms with Crippen LogP contribution in [0, 0.1) is 11.8 Å². The average molecular weight is 238 g/mol. The summed E-state index contributed by atoms with van der Waals surface area (Å²) in [6.07, 6.45) is 4.51. The van der Waals surface area contributed by atoms with Gasteiger partial charge in [0.2, 0.25) is 11.8 Å². The van der Waals surface area contributed by atoms with Gasteiger partial charge in [0.1, 0.15) is 6.04 Å². The Morgan fingerprint density at radius 2 is 1.88 bits per heavy atom. The standard InChI is InChI=1S/C13H22N2O2/c1-8-5-9(2)7-10(6-8)14-13(17)11-3-4-12(16)15-11/h8-11H,3-7H2,1-2H3,(H,14,17)(H,15,16)/t8?,9?,10?,11-/m1/s1. The van der Waals surface area contributed by atoms with Gasteiger partial charge in [-0.15, -0.1) is 0 Å². The maximum absolute atomic E-state index is 11.9. The van der Waals surface area contributed by atoms with Gasteiger partial charge >= 0.3 is 0 Å². The van der Waals surface area contributed by atoms with Gasteiger partial charge in [-0.25, -0.2) is 0 Å². The highest BCUT2D eigenvalue weighted by molar-refractivity contribution is 5.90. The Kier molecular flexibility index (Phi) is 3.69. The first-order chi connectivity index (χ1) is 8.04. The first-order valence-electron chi connectivity index (χ1n) is 6.64. The summed E-state index contributed by atoms with van der Waals surface area (Å²) in [6.45, 7) is 4.48. The van der Waals surface area contributed by atoms with Gasteiger partial charge in [-0.1, -0.05) is 13.8 Å². The zero-order valence-electron chi connectivity index (χ0n) is 10.7. The molecule has 1 saturated heterocycles. The smallest absolute Gasteiger partial charge is 0.242 e. The summed E-state index contributed by atoms with van der Waals surface area (Å²) in [5.41, 5.74) is 0. The third-order valence-electron chi connectivity index (χ3n) is 3.84. The molecule has 0 radical (unpaired) electrons. The van der Waals surface area contributed by atoms with E-state index in [1.165, 1.54) is 6.42 Å². The molecule has 4 nitrogen and oxygen atoms in total. The van der Waals surface area contributed by atoms with E-state index in [1.54, 1.807) is 0 Å². The van der Waals surface area contributed by atoms with E-state index in [1.807, 2.05) is 0 Å². The largest absolute Gasteiger partial charge is 0.352 e. The highest BCUT2D eigenvalue weighted by atomic mass is 16.2. The molecule has 0 aromatic rings. The van der Waals surface area contributed by atoms with Crippen LogP contribution in [-0.2, 0) is 9.59 Å². The van der Waals surface area contributed by atoms with Crippen molar-refractivity contribution in [3.8, 4) is 0 Å². The Bertz CT molecular complexity index is 307. The van der Waals surface area contributed by atoms with Crippen molar-refractivity contribution in [2.45, 2.75) is 58.0 Å². The van der Waals surface area contributed by atoms with E-state index in [0.717, 1.165) is 12.8 Å². The van der Waals surface area contributed by atoms with Crippen LogP contribution < -0.4 is 10.6 Å². The minimum Gasteiger partial charge on any atom is -0.352 e. The van der Waals surface area contributed by atoms with Crippen molar-refractivity contribution in [2.75, 3.05) is 0 Å². The van der Waals surface area contributed by atoms with Crippen LogP contribution in [0.5, 0.6) is 0 Å². The predicted octanol–water partition coefficient (Wildman–Crippen LogP) is 1.21. The Labute approximate surface area is 103 Å². The molecule has 0 spiro atoms. The highest BCUT2D eigenvalue weighted by Crippen LogP contribution is 2.28. The molecule has 1 aliphatic carbocycles. The Morgan fingerprint density at radius 3 is 2.41 bits per heavy atom. The lowest BCUT2D eigenvalue weighted by molar-refractivity contribution is -0.126. The van der Waals surface area contributed by atoms with Crippen molar-refractivity contribution in [1.29, 1.82) is 0 Å². The summed E-state index contributed by atoms with van der Waals surface area (Å²) in [5, 5.41) is 5.80. The second kappa shape index (κ2) is 5.07. The minimum absolute atomic E-state index is 0.00199. The van der Waals surface area contributed by atoms with Crippen molar-refractivity contribution in [2.24, 2.45) is 11.8 Å². The van der Waals surface area contributed by atoms with Crippen LogP contribution in [0.25, 0.3) is 0 Å². The van der Waals surface area contributed by atoms with Crippen LogP contribution in [0.3, 0.4) is 0 Å². The fraction of sp³-hybridized carbons (Fsp3) is 0.846. The Hall–Kier alpha value is -1.06. The summed E-state index contributed by atoms with van der Waals surface area (Å²) in [6, 6.07) is -0.00575. The van der Waals surface area contributed by atoms with Crippen LogP contribution in [0.2, 0.25) is 0 Å². The molecule has 2 amide bonds. The second-order valence-electron chi connectivity index (χ2n) is 5.78. The van der Waals surface area contributed by atoms with E-state index in [4.69, 9.17) is 0 Å². The molecule has 0 aromatic heterocycles. The SMILES string of the molecule is CC1CC(C)CC(NC(=O)[C@H]2CCC(=O)N2)C1. The van der Waals surface area contributed by atoms with Gasteiger partial charge in [0.25, 0.3) is 0 Å². The number of amides is 2.